The zero-order valence-corrected chi connectivity index (χ0v) is 14.6. The topological polar surface area (TPSA) is 38.1 Å². The van der Waals surface area contributed by atoms with Gasteiger partial charge in [-0.3, -0.25) is 4.79 Å². The minimum Gasteiger partial charge on any atom is -0.300 e. The lowest BCUT2D eigenvalue weighted by Crippen LogP contribution is -2.28. The van der Waals surface area contributed by atoms with Gasteiger partial charge in [-0.2, -0.15) is 9.78 Å². The van der Waals surface area contributed by atoms with E-state index in [1.165, 1.54) is 41.1 Å². The third-order valence-corrected chi connectivity index (χ3v) is 5.23. The Balaban J connectivity index is 1.56. The van der Waals surface area contributed by atoms with Gasteiger partial charge in [0.05, 0.1) is 5.69 Å². The third kappa shape index (κ3) is 3.35. The van der Waals surface area contributed by atoms with Gasteiger partial charge in [0, 0.05) is 24.8 Å². The molecule has 1 atom stereocenters. The molecule has 0 amide bonds. The van der Waals surface area contributed by atoms with Gasteiger partial charge >= 0.3 is 0 Å². The Hall–Kier alpha value is -2.46. The Morgan fingerprint density at radius 2 is 1.96 bits per heavy atom. The molecule has 25 heavy (non-hydrogen) atoms. The van der Waals surface area contributed by atoms with E-state index in [1.807, 2.05) is 12.1 Å². The van der Waals surface area contributed by atoms with Crippen molar-refractivity contribution in [3.63, 3.8) is 0 Å². The van der Waals surface area contributed by atoms with Crippen molar-refractivity contribution in [1.82, 2.24) is 14.7 Å². The first-order valence-corrected chi connectivity index (χ1v) is 9.02. The molecule has 4 heteroatoms. The zero-order chi connectivity index (χ0) is 17.2. The average molecular weight is 333 g/mol. The van der Waals surface area contributed by atoms with E-state index in [9.17, 15) is 4.79 Å². The lowest BCUT2D eigenvalue weighted by atomic mass is 10.0. The standard InChI is InChI=1S/C21H23N3O/c1-16-4-3-12-23(16)13-10-17-6-7-19-15-20(9-8-18(19)14-17)24-21(25)5-2-11-22-24/h2,5-9,11,14-16H,3-4,10,12-13H2,1H3/t16-/m1/s1. The molecule has 1 saturated heterocycles. The summed E-state index contributed by atoms with van der Waals surface area (Å²) in [6.07, 6.45) is 5.37. The van der Waals surface area contributed by atoms with Crippen LogP contribution in [0, 0.1) is 0 Å². The number of aromatic nitrogens is 2. The fourth-order valence-electron chi connectivity index (χ4n) is 3.72. The number of benzene rings is 2. The van der Waals surface area contributed by atoms with Crippen molar-refractivity contribution >= 4 is 10.8 Å². The number of likely N-dealkylation sites (tertiary alicyclic amines) is 1. The van der Waals surface area contributed by atoms with Gasteiger partial charge in [0.25, 0.3) is 5.56 Å². The summed E-state index contributed by atoms with van der Waals surface area (Å²) in [5, 5.41) is 6.49. The molecule has 4 nitrogen and oxygen atoms in total. The summed E-state index contributed by atoms with van der Waals surface area (Å²) in [4.78, 5) is 14.5. The predicted octanol–water partition coefficient (Wildman–Crippen LogP) is 3.41. The normalized spacial score (nSPS) is 18.0. The van der Waals surface area contributed by atoms with Crippen LogP contribution in [-0.2, 0) is 6.42 Å². The van der Waals surface area contributed by atoms with Crippen molar-refractivity contribution < 1.29 is 0 Å². The molecule has 2 heterocycles. The van der Waals surface area contributed by atoms with Crippen LogP contribution in [-0.4, -0.2) is 33.8 Å². The summed E-state index contributed by atoms with van der Waals surface area (Å²) < 4.78 is 1.43. The van der Waals surface area contributed by atoms with E-state index in [0.29, 0.717) is 0 Å². The SMILES string of the molecule is C[C@@H]1CCCN1CCc1ccc2cc(-n3ncccc3=O)ccc2c1. The molecule has 1 aliphatic rings. The van der Waals surface area contributed by atoms with E-state index < -0.39 is 0 Å². The van der Waals surface area contributed by atoms with Crippen LogP contribution < -0.4 is 5.56 Å². The number of fused-ring (bicyclic) bond motifs is 1. The van der Waals surface area contributed by atoms with Crippen molar-refractivity contribution in [3.05, 3.63) is 70.6 Å². The second-order valence-corrected chi connectivity index (χ2v) is 6.92. The second-order valence-electron chi connectivity index (χ2n) is 6.92. The number of hydrogen-bond acceptors (Lipinski definition) is 3. The van der Waals surface area contributed by atoms with Crippen molar-refractivity contribution in [1.29, 1.82) is 0 Å². The molecule has 128 valence electrons. The summed E-state index contributed by atoms with van der Waals surface area (Å²) in [7, 11) is 0. The van der Waals surface area contributed by atoms with Crippen molar-refractivity contribution in [2.45, 2.75) is 32.2 Å². The summed E-state index contributed by atoms with van der Waals surface area (Å²) >= 11 is 0. The van der Waals surface area contributed by atoms with Crippen LogP contribution in [0.1, 0.15) is 25.3 Å². The molecule has 3 aromatic rings. The first-order valence-electron chi connectivity index (χ1n) is 9.02. The number of rotatable bonds is 4. The quantitative estimate of drug-likeness (QED) is 0.734. The first-order chi connectivity index (χ1) is 12.2. The van der Waals surface area contributed by atoms with Gasteiger partial charge < -0.3 is 4.90 Å². The van der Waals surface area contributed by atoms with Crippen LogP contribution in [0.25, 0.3) is 16.5 Å². The Kier molecular flexibility index (Phi) is 4.36. The maximum absolute atomic E-state index is 11.9. The molecule has 0 aliphatic carbocycles. The van der Waals surface area contributed by atoms with Crippen LogP contribution in [0.15, 0.2) is 59.5 Å². The first kappa shape index (κ1) is 16.0. The fraction of sp³-hybridized carbons (Fsp3) is 0.333. The van der Waals surface area contributed by atoms with E-state index >= 15 is 0 Å². The lowest BCUT2D eigenvalue weighted by Gasteiger charge is -2.20. The van der Waals surface area contributed by atoms with Gasteiger partial charge in [-0.05, 0) is 67.3 Å². The minimum atomic E-state index is -0.113. The summed E-state index contributed by atoms with van der Waals surface area (Å²) in [5.74, 6) is 0. The van der Waals surface area contributed by atoms with E-state index in [4.69, 9.17) is 0 Å². The Morgan fingerprint density at radius 3 is 2.76 bits per heavy atom. The van der Waals surface area contributed by atoms with E-state index in [2.05, 4.69) is 41.2 Å². The average Bonchev–Trinajstić information content (AvgIpc) is 3.05. The molecular formula is C21H23N3O. The van der Waals surface area contributed by atoms with Gasteiger partial charge in [0.1, 0.15) is 0 Å². The Morgan fingerprint density at radius 1 is 1.12 bits per heavy atom. The molecule has 1 aliphatic heterocycles. The van der Waals surface area contributed by atoms with Crippen LogP contribution >= 0.6 is 0 Å². The molecule has 0 saturated carbocycles. The highest BCUT2D eigenvalue weighted by Gasteiger charge is 2.19. The maximum Gasteiger partial charge on any atom is 0.271 e. The maximum atomic E-state index is 11.9. The van der Waals surface area contributed by atoms with Crippen molar-refractivity contribution in [2.24, 2.45) is 0 Å². The highest BCUT2D eigenvalue weighted by molar-refractivity contribution is 5.85. The van der Waals surface area contributed by atoms with Gasteiger partial charge in [0.15, 0.2) is 0 Å². The summed E-state index contributed by atoms with van der Waals surface area (Å²) in [6, 6.07) is 16.6. The molecular weight excluding hydrogens is 310 g/mol. The molecule has 1 aromatic heterocycles. The highest BCUT2D eigenvalue weighted by atomic mass is 16.1. The van der Waals surface area contributed by atoms with Gasteiger partial charge in [0.2, 0.25) is 0 Å². The van der Waals surface area contributed by atoms with Gasteiger partial charge in [-0.15, -0.1) is 0 Å². The monoisotopic (exact) mass is 333 g/mol. The van der Waals surface area contributed by atoms with Crippen LogP contribution in [0.3, 0.4) is 0 Å². The lowest BCUT2D eigenvalue weighted by molar-refractivity contribution is 0.272. The van der Waals surface area contributed by atoms with Crippen molar-refractivity contribution in [3.8, 4) is 5.69 Å². The van der Waals surface area contributed by atoms with Crippen LogP contribution in [0.5, 0.6) is 0 Å². The fourth-order valence-corrected chi connectivity index (χ4v) is 3.72. The summed E-state index contributed by atoms with van der Waals surface area (Å²) in [6.45, 7) is 4.69. The van der Waals surface area contributed by atoms with Crippen molar-refractivity contribution in [2.75, 3.05) is 13.1 Å². The second kappa shape index (κ2) is 6.81. The largest absolute Gasteiger partial charge is 0.300 e. The molecule has 2 aromatic carbocycles. The van der Waals surface area contributed by atoms with Gasteiger partial charge in [-0.25, -0.2) is 0 Å². The molecule has 4 rings (SSSR count). The van der Waals surface area contributed by atoms with E-state index in [-0.39, 0.29) is 5.56 Å². The van der Waals surface area contributed by atoms with Gasteiger partial charge in [-0.1, -0.05) is 24.3 Å². The zero-order valence-electron chi connectivity index (χ0n) is 14.6. The highest BCUT2D eigenvalue weighted by Crippen LogP contribution is 2.21. The molecule has 0 N–H and O–H groups in total. The third-order valence-electron chi connectivity index (χ3n) is 5.23. The number of nitrogens with zero attached hydrogens (tertiary/aromatic N) is 3. The van der Waals surface area contributed by atoms with Crippen LogP contribution in [0.4, 0.5) is 0 Å². The van der Waals surface area contributed by atoms with Crippen LogP contribution in [0.2, 0.25) is 0 Å². The predicted molar refractivity (Wildman–Crippen MR) is 101 cm³/mol. The smallest absolute Gasteiger partial charge is 0.271 e. The molecule has 0 unspecified atom stereocenters. The molecule has 1 fully saturated rings. The Labute approximate surface area is 147 Å². The van der Waals surface area contributed by atoms with E-state index in [0.717, 1.165) is 30.1 Å². The molecule has 0 spiro atoms. The number of hydrogen-bond donors (Lipinski definition) is 0. The van der Waals surface area contributed by atoms with E-state index in [1.54, 1.807) is 12.3 Å². The molecule has 0 radical (unpaired) electrons. The Bertz CT molecular complexity index is 947. The summed E-state index contributed by atoms with van der Waals surface area (Å²) in [5.41, 5.74) is 2.06. The molecule has 0 bridgehead atoms. The minimum absolute atomic E-state index is 0.113.